The van der Waals surface area contributed by atoms with E-state index >= 15 is 0 Å². The van der Waals surface area contributed by atoms with E-state index in [1.54, 1.807) is 0 Å². The molecular weight excluding hydrogens is 305 g/mol. The minimum Gasteiger partial charge on any atom is -0.322 e. The Balaban J connectivity index is 2.24. The number of hydrogen-bond acceptors (Lipinski definition) is 4. The summed E-state index contributed by atoms with van der Waals surface area (Å²) in [6, 6.07) is 4.70. The predicted octanol–water partition coefficient (Wildman–Crippen LogP) is 2.60. The third kappa shape index (κ3) is 3.22. The highest BCUT2D eigenvalue weighted by Gasteiger charge is 2.38. The Hall–Kier alpha value is -2.91. The number of carbonyl (C=O) groups excluding carboxylic acids is 1. The predicted molar refractivity (Wildman–Crippen MR) is 69.3 cm³/mol. The van der Waals surface area contributed by atoms with E-state index in [1.807, 2.05) is 0 Å². The van der Waals surface area contributed by atoms with Crippen molar-refractivity contribution in [2.75, 3.05) is 5.32 Å². The van der Waals surface area contributed by atoms with Crippen molar-refractivity contribution in [1.82, 2.24) is 9.78 Å². The van der Waals surface area contributed by atoms with Gasteiger partial charge in [-0.3, -0.25) is 19.6 Å². The van der Waals surface area contributed by atoms with Gasteiger partial charge in [0.05, 0.1) is 10.5 Å². The number of alkyl halides is 3. The summed E-state index contributed by atoms with van der Waals surface area (Å²) in [7, 11) is 1.26. The minimum atomic E-state index is -4.76. The molecule has 22 heavy (non-hydrogen) atoms. The Morgan fingerprint density at radius 3 is 2.41 bits per heavy atom. The fraction of sp³-hybridized carbons (Fsp3) is 0.167. The molecule has 2 rings (SSSR count). The molecule has 1 heterocycles. The second-order valence-corrected chi connectivity index (χ2v) is 4.32. The monoisotopic (exact) mass is 314 g/mol. The number of nitrogens with zero attached hydrogens (tertiary/aromatic N) is 3. The van der Waals surface area contributed by atoms with E-state index in [-0.39, 0.29) is 11.4 Å². The van der Waals surface area contributed by atoms with E-state index in [9.17, 15) is 28.1 Å². The van der Waals surface area contributed by atoms with Gasteiger partial charge in [0.2, 0.25) is 0 Å². The van der Waals surface area contributed by atoms with E-state index in [0.717, 1.165) is 23.0 Å². The van der Waals surface area contributed by atoms with Crippen LogP contribution in [-0.4, -0.2) is 20.6 Å². The van der Waals surface area contributed by atoms with Gasteiger partial charge in [0, 0.05) is 31.1 Å². The second-order valence-electron chi connectivity index (χ2n) is 4.32. The van der Waals surface area contributed by atoms with Gasteiger partial charge in [-0.1, -0.05) is 0 Å². The average Bonchev–Trinajstić information content (AvgIpc) is 2.81. The summed E-state index contributed by atoms with van der Waals surface area (Å²) in [5.41, 5.74) is -1.99. The lowest BCUT2D eigenvalue weighted by atomic mass is 10.2. The van der Waals surface area contributed by atoms with E-state index in [2.05, 4.69) is 10.4 Å². The number of nitrogens with one attached hydrogen (secondary N) is 1. The Morgan fingerprint density at radius 2 is 1.91 bits per heavy atom. The molecule has 1 aromatic heterocycles. The van der Waals surface area contributed by atoms with Crippen molar-refractivity contribution >= 4 is 17.3 Å². The summed E-state index contributed by atoms with van der Waals surface area (Å²) in [5.74, 6) is -1.01. The number of amides is 1. The zero-order valence-corrected chi connectivity index (χ0v) is 11.1. The molecular formula is C12H9F3N4O3. The molecule has 0 radical (unpaired) electrons. The number of carbonyl (C=O) groups is 1. The molecule has 1 N–H and O–H groups in total. The first kappa shape index (κ1) is 15.5. The number of aromatic nitrogens is 2. The first-order valence-electron chi connectivity index (χ1n) is 5.85. The molecule has 0 aliphatic heterocycles. The fourth-order valence-electron chi connectivity index (χ4n) is 1.73. The van der Waals surface area contributed by atoms with Crippen molar-refractivity contribution in [3.8, 4) is 0 Å². The lowest BCUT2D eigenvalue weighted by Gasteiger charge is -2.07. The van der Waals surface area contributed by atoms with Crippen LogP contribution in [0.2, 0.25) is 0 Å². The number of anilines is 1. The fourth-order valence-corrected chi connectivity index (χ4v) is 1.73. The maximum absolute atomic E-state index is 12.8. The molecule has 1 aromatic carbocycles. The number of halogens is 3. The standard InChI is InChI=1S/C12H9F3N4O3/c1-18-6-9(10(17-18)12(13,14)15)11(20)16-7-2-4-8(5-3-7)19(21)22/h2-6H,1H3,(H,16,20). The quantitative estimate of drug-likeness (QED) is 0.696. The number of aryl methyl sites for hydroxylation is 1. The molecule has 0 saturated heterocycles. The number of hydrogen-bond donors (Lipinski definition) is 1. The highest BCUT2D eigenvalue weighted by Crippen LogP contribution is 2.31. The molecule has 2 aromatic rings. The van der Waals surface area contributed by atoms with Gasteiger partial charge in [0.25, 0.3) is 11.6 Å². The van der Waals surface area contributed by atoms with Crippen molar-refractivity contribution in [2.45, 2.75) is 6.18 Å². The number of nitro benzene ring substituents is 1. The van der Waals surface area contributed by atoms with Gasteiger partial charge in [0.1, 0.15) is 0 Å². The number of nitro groups is 1. The lowest BCUT2D eigenvalue weighted by molar-refractivity contribution is -0.384. The molecule has 0 bridgehead atoms. The number of non-ortho nitro benzene ring substituents is 1. The molecule has 0 fully saturated rings. The van der Waals surface area contributed by atoms with Gasteiger partial charge in [0.15, 0.2) is 5.69 Å². The molecule has 0 atom stereocenters. The van der Waals surface area contributed by atoms with Crippen LogP contribution in [0, 0.1) is 10.1 Å². The normalized spacial score (nSPS) is 11.3. The summed E-state index contributed by atoms with van der Waals surface area (Å²) in [6.07, 6.45) is -3.81. The molecule has 0 saturated carbocycles. The zero-order chi connectivity index (χ0) is 16.5. The van der Waals surface area contributed by atoms with Crippen LogP contribution in [0.4, 0.5) is 24.5 Å². The largest absolute Gasteiger partial charge is 0.435 e. The van der Waals surface area contributed by atoms with Gasteiger partial charge in [-0.25, -0.2) is 0 Å². The van der Waals surface area contributed by atoms with Crippen molar-refractivity contribution < 1.29 is 22.9 Å². The first-order chi connectivity index (χ1) is 10.2. The van der Waals surface area contributed by atoms with Gasteiger partial charge < -0.3 is 5.32 Å². The van der Waals surface area contributed by atoms with Crippen molar-refractivity contribution in [3.05, 3.63) is 51.8 Å². The van der Waals surface area contributed by atoms with Crippen molar-refractivity contribution in [2.24, 2.45) is 7.05 Å². The zero-order valence-electron chi connectivity index (χ0n) is 11.1. The van der Waals surface area contributed by atoms with Crippen LogP contribution in [0.1, 0.15) is 16.1 Å². The van der Waals surface area contributed by atoms with E-state index in [4.69, 9.17) is 0 Å². The van der Waals surface area contributed by atoms with Crippen LogP contribution in [0.3, 0.4) is 0 Å². The second kappa shape index (κ2) is 5.47. The third-order valence-electron chi connectivity index (χ3n) is 2.68. The van der Waals surface area contributed by atoms with Gasteiger partial charge in [-0.2, -0.15) is 18.3 Å². The van der Waals surface area contributed by atoms with Crippen molar-refractivity contribution in [1.29, 1.82) is 0 Å². The van der Waals surface area contributed by atoms with E-state index < -0.39 is 28.3 Å². The summed E-state index contributed by atoms with van der Waals surface area (Å²) in [4.78, 5) is 21.8. The Bertz CT molecular complexity index is 722. The highest BCUT2D eigenvalue weighted by molar-refractivity contribution is 6.05. The molecule has 10 heteroatoms. The van der Waals surface area contributed by atoms with Gasteiger partial charge >= 0.3 is 6.18 Å². The van der Waals surface area contributed by atoms with Gasteiger partial charge in [-0.15, -0.1) is 0 Å². The van der Waals surface area contributed by atoms with E-state index in [1.165, 1.54) is 19.2 Å². The maximum atomic E-state index is 12.8. The average molecular weight is 314 g/mol. The van der Waals surface area contributed by atoms with Crippen LogP contribution in [0.25, 0.3) is 0 Å². The lowest BCUT2D eigenvalue weighted by Crippen LogP contribution is -2.17. The van der Waals surface area contributed by atoms with E-state index in [0.29, 0.717) is 0 Å². The van der Waals surface area contributed by atoms with Gasteiger partial charge in [-0.05, 0) is 12.1 Å². The molecule has 0 unspecified atom stereocenters. The molecule has 0 aliphatic rings. The SMILES string of the molecule is Cn1cc(C(=O)Nc2ccc([N+](=O)[O-])cc2)c(C(F)(F)F)n1. The number of benzene rings is 1. The Morgan fingerprint density at radius 1 is 1.32 bits per heavy atom. The van der Waals surface area contributed by atoms with Crippen LogP contribution in [-0.2, 0) is 13.2 Å². The summed E-state index contributed by atoms with van der Waals surface area (Å²) in [6.45, 7) is 0. The molecule has 0 aliphatic carbocycles. The Kier molecular flexibility index (Phi) is 3.85. The molecule has 1 amide bonds. The molecule has 116 valence electrons. The van der Waals surface area contributed by atoms with Crippen molar-refractivity contribution in [3.63, 3.8) is 0 Å². The minimum absolute atomic E-state index is 0.132. The highest BCUT2D eigenvalue weighted by atomic mass is 19.4. The maximum Gasteiger partial charge on any atom is 0.435 e. The summed E-state index contributed by atoms with van der Waals surface area (Å²) < 4.78 is 39.2. The van der Waals surface area contributed by atoms with Crippen LogP contribution >= 0.6 is 0 Å². The summed E-state index contributed by atoms with van der Waals surface area (Å²) >= 11 is 0. The molecule has 7 nitrogen and oxygen atoms in total. The number of rotatable bonds is 3. The van der Waals surface area contributed by atoms with Crippen LogP contribution in [0.15, 0.2) is 30.5 Å². The third-order valence-corrected chi connectivity index (χ3v) is 2.68. The first-order valence-corrected chi connectivity index (χ1v) is 5.85. The summed E-state index contributed by atoms with van der Waals surface area (Å²) in [5, 5.41) is 16.0. The van der Waals surface area contributed by atoms with Crippen LogP contribution < -0.4 is 5.32 Å². The van der Waals surface area contributed by atoms with Crippen LogP contribution in [0.5, 0.6) is 0 Å². The Labute approximate surface area is 121 Å². The topological polar surface area (TPSA) is 90.1 Å². The molecule has 0 spiro atoms. The smallest absolute Gasteiger partial charge is 0.322 e.